The molecule has 116 valence electrons. The van der Waals surface area contributed by atoms with Gasteiger partial charge in [0.2, 0.25) is 5.91 Å². The Morgan fingerprint density at radius 2 is 1.68 bits per heavy atom. The molecule has 0 atom stereocenters. The van der Waals surface area contributed by atoms with Crippen LogP contribution in [0, 0.1) is 0 Å². The van der Waals surface area contributed by atoms with E-state index in [9.17, 15) is 4.79 Å². The Labute approximate surface area is 136 Å². The summed E-state index contributed by atoms with van der Waals surface area (Å²) in [7, 11) is 0. The van der Waals surface area contributed by atoms with Crippen molar-refractivity contribution in [3.05, 3.63) is 60.7 Å². The van der Waals surface area contributed by atoms with E-state index in [2.05, 4.69) is 29.3 Å². The largest absolute Gasteiger partial charge is 0.363 e. The smallest absolute Gasteiger partial charge is 0.239 e. The van der Waals surface area contributed by atoms with E-state index >= 15 is 0 Å². The van der Waals surface area contributed by atoms with Crippen molar-refractivity contribution in [2.75, 3.05) is 30.3 Å². The van der Waals surface area contributed by atoms with Crippen LogP contribution in [0.3, 0.4) is 0 Å². The first kappa shape index (κ1) is 16.4. The van der Waals surface area contributed by atoms with Crippen molar-refractivity contribution in [3.8, 4) is 0 Å². The van der Waals surface area contributed by atoms with Gasteiger partial charge in [0.25, 0.3) is 0 Å². The molecule has 0 aliphatic heterocycles. The number of likely N-dealkylation sites (N-methyl/N-ethyl adjacent to an activating group) is 1. The highest BCUT2D eigenvalue weighted by atomic mass is 32.2. The fourth-order valence-electron chi connectivity index (χ4n) is 2.13. The lowest BCUT2D eigenvalue weighted by Gasteiger charge is -2.22. The van der Waals surface area contributed by atoms with Crippen LogP contribution in [0.2, 0.25) is 0 Å². The minimum absolute atomic E-state index is 0.0689. The predicted molar refractivity (Wildman–Crippen MR) is 94.5 cm³/mol. The average Bonchev–Trinajstić information content (AvgIpc) is 2.58. The molecule has 0 saturated carbocycles. The second-order valence-corrected chi connectivity index (χ2v) is 6.03. The molecule has 2 rings (SSSR count). The maximum Gasteiger partial charge on any atom is 0.239 e. The van der Waals surface area contributed by atoms with Crippen molar-refractivity contribution in [2.24, 2.45) is 0 Å². The Morgan fingerprint density at radius 1 is 1.05 bits per heavy atom. The van der Waals surface area contributed by atoms with Crippen LogP contribution in [0.5, 0.6) is 0 Å². The maximum atomic E-state index is 12.0. The highest BCUT2D eigenvalue weighted by molar-refractivity contribution is 7.99. The van der Waals surface area contributed by atoms with Crippen molar-refractivity contribution in [1.29, 1.82) is 0 Å². The first-order valence-corrected chi connectivity index (χ1v) is 8.52. The van der Waals surface area contributed by atoms with Crippen LogP contribution in [-0.2, 0) is 4.79 Å². The van der Waals surface area contributed by atoms with Gasteiger partial charge in [0.1, 0.15) is 0 Å². The summed E-state index contributed by atoms with van der Waals surface area (Å²) in [5.74, 6) is 0.951. The number of anilines is 1. The van der Waals surface area contributed by atoms with E-state index in [0.29, 0.717) is 13.1 Å². The van der Waals surface area contributed by atoms with Crippen LogP contribution in [0.25, 0.3) is 0 Å². The summed E-state index contributed by atoms with van der Waals surface area (Å²) in [4.78, 5) is 15.3. The molecule has 4 heteroatoms. The zero-order valence-electron chi connectivity index (χ0n) is 12.9. The Balaban J connectivity index is 1.71. The second-order valence-electron chi connectivity index (χ2n) is 4.86. The number of carbonyl (C=O) groups is 1. The number of para-hydroxylation sites is 1. The summed E-state index contributed by atoms with van der Waals surface area (Å²) in [5, 5.41) is 2.99. The molecule has 0 aliphatic carbocycles. The molecule has 0 spiro atoms. The molecule has 0 saturated heterocycles. The van der Waals surface area contributed by atoms with Crippen molar-refractivity contribution in [1.82, 2.24) is 5.32 Å². The fraction of sp³-hybridized carbons (Fsp3) is 0.278. The number of nitrogens with zero attached hydrogens (tertiary/aromatic N) is 1. The number of carbonyl (C=O) groups excluding carboxylic acids is 1. The number of nitrogens with one attached hydrogen (secondary N) is 1. The number of hydrogen-bond acceptors (Lipinski definition) is 3. The third kappa shape index (κ3) is 5.45. The zero-order valence-corrected chi connectivity index (χ0v) is 13.7. The van der Waals surface area contributed by atoms with E-state index in [-0.39, 0.29) is 5.91 Å². The number of hydrogen-bond donors (Lipinski definition) is 1. The number of amides is 1. The van der Waals surface area contributed by atoms with Gasteiger partial charge in [0, 0.05) is 29.4 Å². The molecular formula is C18H22N2OS. The monoisotopic (exact) mass is 314 g/mol. The van der Waals surface area contributed by atoms with Gasteiger partial charge < -0.3 is 10.2 Å². The van der Waals surface area contributed by atoms with Crippen LogP contribution in [0.4, 0.5) is 5.69 Å². The standard InChI is InChI=1S/C18H22N2OS/c1-2-20(16-9-5-3-6-10-16)15-18(21)19-13-14-22-17-11-7-4-8-12-17/h3-12H,2,13-15H2,1H3,(H,19,21). The average molecular weight is 314 g/mol. The van der Waals surface area contributed by atoms with Gasteiger partial charge in [-0.15, -0.1) is 11.8 Å². The van der Waals surface area contributed by atoms with Crippen LogP contribution >= 0.6 is 11.8 Å². The highest BCUT2D eigenvalue weighted by Crippen LogP contribution is 2.16. The third-order valence-corrected chi connectivity index (χ3v) is 4.29. The summed E-state index contributed by atoms with van der Waals surface area (Å²) in [5.41, 5.74) is 1.08. The second kappa shape index (κ2) is 9.15. The SMILES string of the molecule is CCN(CC(=O)NCCSc1ccccc1)c1ccccc1. The lowest BCUT2D eigenvalue weighted by atomic mass is 10.3. The maximum absolute atomic E-state index is 12.0. The van der Waals surface area contributed by atoms with E-state index in [1.54, 1.807) is 11.8 Å². The molecule has 0 radical (unpaired) electrons. The van der Waals surface area contributed by atoms with E-state index in [4.69, 9.17) is 0 Å². The zero-order chi connectivity index (χ0) is 15.6. The number of benzene rings is 2. The summed E-state index contributed by atoms with van der Waals surface area (Å²) in [6, 6.07) is 20.3. The quantitative estimate of drug-likeness (QED) is 0.598. The molecular weight excluding hydrogens is 292 g/mol. The molecule has 1 N–H and O–H groups in total. The molecule has 3 nitrogen and oxygen atoms in total. The predicted octanol–water partition coefficient (Wildman–Crippen LogP) is 3.42. The van der Waals surface area contributed by atoms with Crippen molar-refractivity contribution in [2.45, 2.75) is 11.8 Å². The van der Waals surface area contributed by atoms with Crippen molar-refractivity contribution >= 4 is 23.4 Å². The van der Waals surface area contributed by atoms with Crippen molar-refractivity contribution < 1.29 is 4.79 Å². The summed E-state index contributed by atoms with van der Waals surface area (Å²) in [6.07, 6.45) is 0. The molecule has 2 aromatic rings. The van der Waals surface area contributed by atoms with E-state index in [1.807, 2.05) is 48.5 Å². The van der Waals surface area contributed by atoms with Gasteiger partial charge in [-0.2, -0.15) is 0 Å². The molecule has 0 heterocycles. The normalized spacial score (nSPS) is 10.2. The van der Waals surface area contributed by atoms with Gasteiger partial charge in [0.05, 0.1) is 6.54 Å². The molecule has 22 heavy (non-hydrogen) atoms. The molecule has 2 aromatic carbocycles. The van der Waals surface area contributed by atoms with Gasteiger partial charge in [-0.3, -0.25) is 4.79 Å². The molecule has 0 unspecified atom stereocenters. The van der Waals surface area contributed by atoms with E-state index < -0.39 is 0 Å². The summed E-state index contributed by atoms with van der Waals surface area (Å²) >= 11 is 1.76. The van der Waals surface area contributed by atoms with Gasteiger partial charge in [-0.25, -0.2) is 0 Å². The minimum atomic E-state index is 0.0689. The Kier molecular flexibility index (Phi) is 6.84. The summed E-state index contributed by atoms with van der Waals surface area (Å²) in [6.45, 7) is 3.96. The Morgan fingerprint density at radius 3 is 2.32 bits per heavy atom. The fourth-order valence-corrected chi connectivity index (χ4v) is 2.92. The van der Waals surface area contributed by atoms with Gasteiger partial charge in [-0.1, -0.05) is 36.4 Å². The minimum Gasteiger partial charge on any atom is -0.363 e. The number of rotatable bonds is 8. The molecule has 0 fully saturated rings. The van der Waals surface area contributed by atoms with Gasteiger partial charge in [-0.05, 0) is 31.2 Å². The van der Waals surface area contributed by atoms with Crippen LogP contribution < -0.4 is 10.2 Å². The lowest BCUT2D eigenvalue weighted by molar-refractivity contribution is -0.119. The molecule has 0 bridgehead atoms. The van der Waals surface area contributed by atoms with Crippen LogP contribution in [0.1, 0.15) is 6.92 Å². The van der Waals surface area contributed by atoms with Crippen LogP contribution in [-0.4, -0.2) is 31.3 Å². The lowest BCUT2D eigenvalue weighted by Crippen LogP contribution is -2.38. The first-order valence-electron chi connectivity index (χ1n) is 7.54. The topological polar surface area (TPSA) is 32.3 Å². The third-order valence-electron chi connectivity index (χ3n) is 3.27. The molecule has 0 aromatic heterocycles. The molecule has 0 aliphatic rings. The first-order chi connectivity index (χ1) is 10.8. The summed E-state index contributed by atoms with van der Waals surface area (Å²) < 4.78 is 0. The van der Waals surface area contributed by atoms with Crippen molar-refractivity contribution in [3.63, 3.8) is 0 Å². The van der Waals surface area contributed by atoms with E-state index in [0.717, 1.165) is 18.0 Å². The molecule has 1 amide bonds. The Hall–Kier alpha value is -1.94. The van der Waals surface area contributed by atoms with Crippen LogP contribution in [0.15, 0.2) is 65.6 Å². The Bertz CT molecular complexity index is 560. The van der Waals surface area contributed by atoms with E-state index in [1.165, 1.54) is 4.90 Å². The van der Waals surface area contributed by atoms with Gasteiger partial charge in [0.15, 0.2) is 0 Å². The van der Waals surface area contributed by atoms with Gasteiger partial charge >= 0.3 is 0 Å². The number of thioether (sulfide) groups is 1. The highest BCUT2D eigenvalue weighted by Gasteiger charge is 2.09.